The van der Waals surface area contributed by atoms with Gasteiger partial charge in [-0.3, -0.25) is 0 Å². The molecule has 0 radical (unpaired) electrons. The summed E-state index contributed by atoms with van der Waals surface area (Å²) in [6, 6.07) is 8.14. The molecule has 1 fully saturated rings. The van der Waals surface area contributed by atoms with Gasteiger partial charge in [0, 0.05) is 18.8 Å². The summed E-state index contributed by atoms with van der Waals surface area (Å²) >= 11 is 0. The topological polar surface area (TPSA) is 61.8 Å². The van der Waals surface area contributed by atoms with Crippen LogP contribution in [-0.2, 0) is 9.84 Å². The SMILES string of the molecule is CCN(CC)c1ccc(C=NNC2CCS(=O)(=O)C2)cc1. The van der Waals surface area contributed by atoms with Gasteiger partial charge in [0.2, 0.25) is 0 Å². The van der Waals surface area contributed by atoms with E-state index in [1.807, 2.05) is 12.1 Å². The predicted molar refractivity (Wildman–Crippen MR) is 87.8 cm³/mol. The minimum absolute atomic E-state index is 0.0544. The van der Waals surface area contributed by atoms with Crippen LogP contribution in [0.5, 0.6) is 0 Å². The zero-order valence-electron chi connectivity index (χ0n) is 12.6. The molecule has 1 N–H and O–H groups in total. The first-order valence-corrected chi connectivity index (χ1v) is 9.20. The van der Waals surface area contributed by atoms with Crippen molar-refractivity contribution in [1.82, 2.24) is 5.43 Å². The van der Waals surface area contributed by atoms with E-state index in [-0.39, 0.29) is 17.5 Å². The molecule has 0 aliphatic carbocycles. The van der Waals surface area contributed by atoms with Crippen molar-refractivity contribution in [2.75, 3.05) is 29.5 Å². The van der Waals surface area contributed by atoms with E-state index in [2.05, 4.69) is 41.4 Å². The molecular weight excluding hydrogens is 286 g/mol. The van der Waals surface area contributed by atoms with Crippen molar-refractivity contribution in [2.45, 2.75) is 26.3 Å². The number of nitrogens with one attached hydrogen (secondary N) is 1. The summed E-state index contributed by atoms with van der Waals surface area (Å²) < 4.78 is 22.7. The number of anilines is 1. The van der Waals surface area contributed by atoms with Gasteiger partial charge < -0.3 is 10.3 Å². The molecular formula is C15H23N3O2S. The van der Waals surface area contributed by atoms with E-state index in [4.69, 9.17) is 0 Å². The highest BCUT2D eigenvalue weighted by Gasteiger charge is 2.27. The Kier molecular flexibility index (Phi) is 5.22. The van der Waals surface area contributed by atoms with Gasteiger partial charge in [-0.05, 0) is 38.0 Å². The molecule has 0 bridgehead atoms. The zero-order valence-corrected chi connectivity index (χ0v) is 13.4. The van der Waals surface area contributed by atoms with Gasteiger partial charge in [0.05, 0.1) is 23.8 Å². The summed E-state index contributed by atoms with van der Waals surface area (Å²) in [6.07, 6.45) is 2.37. The van der Waals surface area contributed by atoms with Crippen LogP contribution in [0.15, 0.2) is 29.4 Å². The molecule has 0 saturated carbocycles. The van der Waals surface area contributed by atoms with Gasteiger partial charge in [0.15, 0.2) is 9.84 Å². The molecule has 0 aromatic heterocycles. The number of sulfone groups is 1. The van der Waals surface area contributed by atoms with Crippen LogP contribution in [0.1, 0.15) is 25.8 Å². The van der Waals surface area contributed by atoms with Gasteiger partial charge in [-0.25, -0.2) is 8.42 Å². The van der Waals surface area contributed by atoms with Gasteiger partial charge in [0.25, 0.3) is 0 Å². The van der Waals surface area contributed by atoms with Crippen LogP contribution in [0.2, 0.25) is 0 Å². The molecule has 1 atom stereocenters. The standard InChI is InChI=1S/C15H23N3O2S/c1-3-18(4-2)15-7-5-13(6-8-15)11-16-17-14-9-10-21(19,20)12-14/h5-8,11,14,17H,3-4,9-10,12H2,1-2H3. The Balaban J connectivity index is 1.90. The molecule has 6 heteroatoms. The highest BCUT2D eigenvalue weighted by Crippen LogP contribution is 2.14. The number of benzene rings is 1. The lowest BCUT2D eigenvalue weighted by Crippen LogP contribution is -2.25. The predicted octanol–water partition coefficient (Wildman–Crippen LogP) is 1.64. The summed E-state index contributed by atoms with van der Waals surface area (Å²) in [6.45, 7) is 6.25. The van der Waals surface area contributed by atoms with Crippen molar-refractivity contribution in [1.29, 1.82) is 0 Å². The summed E-state index contributed by atoms with van der Waals surface area (Å²) in [5.41, 5.74) is 5.13. The zero-order chi connectivity index (χ0) is 15.3. The van der Waals surface area contributed by atoms with E-state index in [0.29, 0.717) is 6.42 Å². The van der Waals surface area contributed by atoms with Gasteiger partial charge in [-0.15, -0.1) is 0 Å². The monoisotopic (exact) mass is 309 g/mol. The Morgan fingerprint density at radius 1 is 1.29 bits per heavy atom. The van der Waals surface area contributed by atoms with Gasteiger partial charge in [-0.2, -0.15) is 5.10 Å². The minimum atomic E-state index is -2.85. The van der Waals surface area contributed by atoms with E-state index < -0.39 is 9.84 Å². The fourth-order valence-electron chi connectivity index (χ4n) is 2.47. The molecule has 2 rings (SSSR count). The Bertz CT molecular complexity index is 577. The maximum absolute atomic E-state index is 11.3. The van der Waals surface area contributed by atoms with E-state index in [1.54, 1.807) is 6.21 Å². The second-order valence-corrected chi connectivity index (χ2v) is 7.48. The van der Waals surface area contributed by atoms with Crippen molar-refractivity contribution in [2.24, 2.45) is 5.10 Å². The summed E-state index contributed by atoms with van der Waals surface area (Å²) in [5, 5.41) is 4.15. The molecule has 1 aromatic carbocycles. The van der Waals surface area contributed by atoms with Crippen LogP contribution in [0.25, 0.3) is 0 Å². The number of rotatable bonds is 6. The largest absolute Gasteiger partial charge is 0.372 e. The molecule has 0 amide bonds. The van der Waals surface area contributed by atoms with Crippen molar-refractivity contribution >= 4 is 21.7 Å². The van der Waals surface area contributed by atoms with Crippen LogP contribution in [-0.4, -0.2) is 45.3 Å². The number of hydrogen-bond acceptors (Lipinski definition) is 5. The Morgan fingerprint density at radius 2 is 1.95 bits per heavy atom. The smallest absolute Gasteiger partial charge is 0.152 e. The van der Waals surface area contributed by atoms with Gasteiger partial charge >= 0.3 is 0 Å². The molecule has 1 unspecified atom stereocenters. The second kappa shape index (κ2) is 6.93. The molecule has 1 heterocycles. The maximum atomic E-state index is 11.3. The third-order valence-electron chi connectivity index (χ3n) is 3.72. The highest BCUT2D eigenvalue weighted by atomic mass is 32.2. The Hall–Kier alpha value is -1.56. The summed E-state index contributed by atoms with van der Waals surface area (Å²) in [7, 11) is -2.85. The molecule has 0 spiro atoms. The van der Waals surface area contributed by atoms with Crippen LogP contribution >= 0.6 is 0 Å². The quantitative estimate of drug-likeness (QED) is 0.641. The molecule has 1 aliphatic heterocycles. The molecule has 1 aromatic rings. The Labute approximate surface area is 127 Å². The molecule has 5 nitrogen and oxygen atoms in total. The number of hydrazone groups is 1. The summed E-state index contributed by atoms with van der Waals surface area (Å²) in [5.74, 6) is 0.448. The molecule has 1 aliphatic rings. The third kappa shape index (κ3) is 4.46. The van der Waals surface area contributed by atoms with Gasteiger partial charge in [0.1, 0.15) is 0 Å². The first-order chi connectivity index (χ1) is 10.0. The average molecular weight is 309 g/mol. The Morgan fingerprint density at radius 3 is 2.48 bits per heavy atom. The lowest BCUT2D eigenvalue weighted by molar-refractivity contribution is 0.578. The number of hydrogen-bond donors (Lipinski definition) is 1. The van der Waals surface area contributed by atoms with Crippen LogP contribution in [0.3, 0.4) is 0 Å². The van der Waals surface area contributed by atoms with E-state index >= 15 is 0 Å². The van der Waals surface area contributed by atoms with Crippen LogP contribution in [0.4, 0.5) is 5.69 Å². The fraction of sp³-hybridized carbons (Fsp3) is 0.533. The number of nitrogens with zero attached hydrogens (tertiary/aromatic N) is 2. The first kappa shape index (κ1) is 15.8. The average Bonchev–Trinajstić information content (AvgIpc) is 2.81. The lowest BCUT2D eigenvalue weighted by Gasteiger charge is -2.20. The molecule has 1 saturated heterocycles. The summed E-state index contributed by atoms with van der Waals surface area (Å²) in [4.78, 5) is 2.28. The van der Waals surface area contributed by atoms with Crippen molar-refractivity contribution in [3.05, 3.63) is 29.8 Å². The second-order valence-electron chi connectivity index (χ2n) is 5.25. The van der Waals surface area contributed by atoms with Crippen LogP contribution < -0.4 is 10.3 Å². The van der Waals surface area contributed by atoms with Gasteiger partial charge in [-0.1, -0.05) is 12.1 Å². The molecule has 116 valence electrons. The normalized spacial score (nSPS) is 20.8. The van der Waals surface area contributed by atoms with Crippen LogP contribution in [0, 0.1) is 0 Å². The van der Waals surface area contributed by atoms with Crippen molar-refractivity contribution in [3.8, 4) is 0 Å². The fourth-order valence-corrected chi connectivity index (χ4v) is 4.14. The molecule has 21 heavy (non-hydrogen) atoms. The van der Waals surface area contributed by atoms with E-state index in [0.717, 1.165) is 18.7 Å². The van der Waals surface area contributed by atoms with Crippen molar-refractivity contribution in [3.63, 3.8) is 0 Å². The third-order valence-corrected chi connectivity index (χ3v) is 5.49. The van der Waals surface area contributed by atoms with Crippen molar-refractivity contribution < 1.29 is 8.42 Å². The maximum Gasteiger partial charge on any atom is 0.152 e. The van der Waals surface area contributed by atoms with E-state index in [1.165, 1.54) is 5.69 Å². The first-order valence-electron chi connectivity index (χ1n) is 7.38. The highest BCUT2D eigenvalue weighted by molar-refractivity contribution is 7.91. The lowest BCUT2D eigenvalue weighted by atomic mass is 10.2. The minimum Gasteiger partial charge on any atom is -0.372 e. The van der Waals surface area contributed by atoms with E-state index in [9.17, 15) is 8.42 Å².